The van der Waals surface area contributed by atoms with Gasteiger partial charge in [-0.05, 0) is 66.9 Å². The molecule has 0 unspecified atom stereocenters. The number of nitrogens with zero attached hydrogens (tertiary/aromatic N) is 2. The molecule has 0 amide bonds. The summed E-state index contributed by atoms with van der Waals surface area (Å²) in [6.07, 6.45) is 6.19. The number of pyridine rings is 2. The van der Waals surface area contributed by atoms with Crippen LogP contribution in [0.15, 0.2) is 73.2 Å². The zero-order chi connectivity index (χ0) is 23.1. The van der Waals surface area contributed by atoms with E-state index in [9.17, 15) is 0 Å². The molecular formula is C29H36N4. The van der Waals surface area contributed by atoms with Crippen LogP contribution in [0.25, 0.3) is 38.9 Å². The maximum atomic E-state index is 5.88. The van der Waals surface area contributed by atoms with Gasteiger partial charge in [0.1, 0.15) is 0 Å². The van der Waals surface area contributed by atoms with Gasteiger partial charge in [-0.15, -0.1) is 0 Å². The summed E-state index contributed by atoms with van der Waals surface area (Å²) < 4.78 is 0. The van der Waals surface area contributed by atoms with Gasteiger partial charge in [0, 0.05) is 28.9 Å². The molecule has 0 saturated heterocycles. The Kier molecular flexibility index (Phi) is 9.31. The number of aryl methyl sites for hydroxylation is 1. The molecule has 4 rings (SSSR count). The lowest BCUT2D eigenvalue weighted by molar-refractivity contribution is 0.969. The maximum absolute atomic E-state index is 5.88. The second-order valence-electron chi connectivity index (χ2n) is 7.52. The molecule has 4 nitrogen and oxygen atoms in total. The lowest BCUT2D eigenvalue weighted by Crippen LogP contribution is -2.02. The summed E-state index contributed by atoms with van der Waals surface area (Å²) >= 11 is 0. The van der Waals surface area contributed by atoms with Crippen molar-refractivity contribution in [2.24, 2.45) is 11.5 Å². The van der Waals surface area contributed by atoms with E-state index in [4.69, 9.17) is 16.5 Å². The van der Waals surface area contributed by atoms with E-state index < -0.39 is 0 Å². The number of nitrogens with two attached hydrogens (primary N) is 2. The van der Waals surface area contributed by atoms with Crippen LogP contribution in [-0.2, 0) is 6.42 Å². The minimum atomic E-state index is 0. The number of hydrogen-bond acceptors (Lipinski definition) is 4. The molecule has 0 atom stereocenters. The van der Waals surface area contributed by atoms with Crippen molar-refractivity contribution in [3.05, 3.63) is 89.9 Å². The van der Waals surface area contributed by atoms with Crippen LogP contribution < -0.4 is 11.5 Å². The fraction of sp³-hybridized carbons (Fsp3) is 0.241. The Balaban J connectivity index is 0.00000125. The number of rotatable bonds is 5. The number of fused-ring (bicyclic) bond motifs is 1. The largest absolute Gasteiger partial charge is 0.404 e. The van der Waals surface area contributed by atoms with Crippen molar-refractivity contribution in [3.8, 4) is 22.4 Å². The van der Waals surface area contributed by atoms with Gasteiger partial charge in [0.25, 0.3) is 0 Å². The molecule has 2 aromatic heterocycles. The van der Waals surface area contributed by atoms with E-state index in [1.165, 1.54) is 16.7 Å². The molecule has 4 heteroatoms. The molecule has 2 aromatic carbocycles. The van der Waals surface area contributed by atoms with Crippen LogP contribution in [0, 0.1) is 6.92 Å². The Morgan fingerprint density at radius 2 is 1.48 bits per heavy atom. The maximum Gasteiger partial charge on any atom is 0.0787 e. The normalized spacial score (nSPS) is 10.9. The quantitative estimate of drug-likeness (QED) is 0.359. The first-order valence-corrected chi connectivity index (χ1v) is 11.2. The van der Waals surface area contributed by atoms with Gasteiger partial charge in [0.15, 0.2) is 0 Å². The van der Waals surface area contributed by atoms with Crippen molar-refractivity contribution in [1.82, 2.24) is 9.97 Å². The highest BCUT2D eigenvalue weighted by Gasteiger charge is 2.15. The van der Waals surface area contributed by atoms with Crippen molar-refractivity contribution >= 4 is 16.5 Å². The van der Waals surface area contributed by atoms with Crippen molar-refractivity contribution in [2.75, 3.05) is 6.54 Å². The van der Waals surface area contributed by atoms with Gasteiger partial charge in [0.2, 0.25) is 0 Å². The van der Waals surface area contributed by atoms with Crippen molar-refractivity contribution < 1.29 is 0 Å². The third-order valence-electron chi connectivity index (χ3n) is 5.57. The topological polar surface area (TPSA) is 77.8 Å². The van der Waals surface area contributed by atoms with E-state index >= 15 is 0 Å². The van der Waals surface area contributed by atoms with Crippen LogP contribution in [-0.4, -0.2) is 16.5 Å². The first kappa shape index (κ1) is 25.8. The van der Waals surface area contributed by atoms with E-state index in [0.717, 1.165) is 45.3 Å². The Bertz CT molecular complexity index is 1210. The zero-order valence-electron chi connectivity index (χ0n) is 19.4. The minimum Gasteiger partial charge on any atom is -0.404 e. The highest BCUT2D eigenvalue weighted by Crippen LogP contribution is 2.34. The lowest BCUT2D eigenvalue weighted by atomic mass is 9.93. The van der Waals surface area contributed by atoms with Gasteiger partial charge in [-0.3, -0.25) is 4.98 Å². The molecule has 0 aliphatic carbocycles. The zero-order valence-corrected chi connectivity index (χ0v) is 19.4. The fourth-order valence-corrected chi connectivity index (χ4v) is 3.89. The van der Waals surface area contributed by atoms with Gasteiger partial charge in [-0.1, -0.05) is 69.8 Å². The highest BCUT2D eigenvalue weighted by molar-refractivity contribution is 5.92. The van der Waals surface area contributed by atoms with Crippen LogP contribution in [0.4, 0.5) is 0 Å². The summed E-state index contributed by atoms with van der Waals surface area (Å²) in [7, 11) is 0. The smallest absolute Gasteiger partial charge is 0.0787 e. The molecule has 0 bridgehead atoms. The molecule has 0 radical (unpaired) electrons. The summed E-state index contributed by atoms with van der Waals surface area (Å²) in [6.45, 7) is 8.79. The van der Waals surface area contributed by atoms with E-state index in [1.807, 2.05) is 33.0 Å². The van der Waals surface area contributed by atoms with E-state index in [1.54, 1.807) is 12.4 Å². The average Bonchev–Trinajstić information content (AvgIpc) is 2.85. The predicted octanol–water partition coefficient (Wildman–Crippen LogP) is 6.76. The molecule has 0 spiro atoms. The Morgan fingerprint density at radius 3 is 2.06 bits per heavy atom. The molecule has 4 aromatic rings. The minimum absolute atomic E-state index is 0. The number of benzene rings is 2. The van der Waals surface area contributed by atoms with Crippen molar-refractivity contribution in [3.63, 3.8) is 0 Å². The van der Waals surface area contributed by atoms with Gasteiger partial charge >= 0.3 is 0 Å². The second kappa shape index (κ2) is 11.9. The van der Waals surface area contributed by atoms with Crippen LogP contribution in [0.5, 0.6) is 0 Å². The molecule has 0 saturated carbocycles. The lowest BCUT2D eigenvalue weighted by Gasteiger charge is -2.15. The molecule has 33 heavy (non-hydrogen) atoms. The van der Waals surface area contributed by atoms with E-state index in [-0.39, 0.29) is 7.43 Å². The van der Waals surface area contributed by atoms with Crippen molar-refractivity contribution in [1.29, 1.82) is 0 Å². The summed E-state index contributed by atoms with van der Waals surface area (Å²) in [5.41, 5.74) is 21.3. The van der Waals surface area contributed by atoms with Crippen LogP contribution in [0.2, 0.25) is 0 Å². The Hall–Kier alpha value is -3.50. The third-order valence-corrected chi connectivity index (χ3v) is 5.57. The fourth-order valence-electron chi connectivity index (χ4n) is 3.89. The average molecular weight is 441 g/mol. The standard InChI is InChI=1S/C26H26N4.C2H6.CH4/c1-17(15-28)25-18(2)23-16-29-14-12-24(23)30-26(25)22-9-7-21(8-10-22)20-5-3-19(4-6-20)11-13-27;1-2;/h3-10,12,14-16H,11,13,27-28H2,1-2H3;1-2H3;1H4/b17-15+;;. The second-order valence-corrected chi connectivity index (χ2v) is 7.52. The summed E-state index contributed by atoms with van der Waals surface area (Å²) in [4.78, 5) is 9.23. The van der Waals surface area contributed by atoms with Crippen LogP contribution in [0.1, 0.15) is 44.9 Å². The SMILES string of the molecule is C.C/C(=C\N)c1c(-c2ccc(-c3ccc(CCN)cc3)cc2)nc2ccncc2c1C.CC. The first-order chi connectivity index (χ1) is 15.6. The predicted molar refractivity (Wildman–Crippen MR) is 144 cm³/mol. The van der Waals surface area contributed by atoms with E-state index in [0.29, 0.717) is 6.54 Å². The number of hydrogen-bond donors (Lipinski definition) is 2. The number of aromatic nitrogens is 2. The summed E-state index contributed by atoms with van der Waals surface area (Å²) in [6, 6.07) is 19.1. The third kappa shape index (κ3) is 5.47. The Labute approximate surface area is 198 Å². The van der Waals surface area contributed by atoms with E-state index in [2.05, 4.69) is 60.4 Å². The van der Waals surface area contributed by atoms with Crippen molar-refractivity contribution in [2.45, 2.75) is 41.5 Å². The van der Waals surface area contributed by atoms with Crippen LogP contribution >= 0.6 is 0 Å². The van der Waals surface area contributed by atoms with Gasteiger partial charge in [-0.2, -0.15) is 0 Å². The molecule has 0 aliphatic rings. The summed E-state index contributed by atoms with van der Waals surface area (Å²) in [5.74, 6) is 0. The van der Waals surface area contributed by atoms with Gasteiger partial charge in [0.05, 0.1) is 11.2 Å². The molecule has 4 N–H and O–H groups in total. The highest BCUT2D eigenvalue weighted by atomic mass is 14.7. The molecular weight excluding hydrogens is 404 g/mol. The summed E-state index contributed by atoms with van der Waals surface area (Å²) in [5, 5.41) is 1.05. The molecule has 0 aliphatic heterocycles. The Morgan fingerprint density at radius 1 is 0.909 bits per heavy atom. The monoisotopic (exact) mass is 440 g/mol. The van der Waals surface area contributed by atoms with Crippen LogP contribution in [0.3, 0.4) is 0 Å². The molecule has 0 fully saturated rings. The molecule has 172 valence electrons. The van der Waals surface area contributed by atoms with Gasteiger partial charge in [-0.25, -0.2) is 4.98 Å². The van der Waals surface area contributed by atoms with Gasteiger partial charge < -0.3 is 11.5 Å². The molecule has 2 heterocycles. The first-order valence-electron chi connectivity index (χ1n) is 11.2. The number of allylic oxidation sites excluding steroid dienone is 1.